The van der Waals surface area contributed by atoms with Crippen LogP contribution in [0.5, 0.6) is 11.5 Å². The van der Waals surface area contributed by atoms with Gasteiger partial charge in [0.2, 0.25) is 5.82 Å². The average Bonchev–Trinajstić information content (AvgIpc) is 3.37. The molecule has 0 spiro atoms. The smallest absolute Gasteiger partial charge is 0.276 e. The number of methoxy groups -OCH3 is 2. The lowest BCUT2D eigenvalue weighted by Crippen LogP contribution is -1.91. The number of ether oxygens (including phenoxy) is 2. The van der Waals surface area contributed by atoms with Gasteiger partial charge in [-0.3, -0.25) is 5.10 Å². The van der Waals surface area contributed by atoms with E-state index >= 15 is 0 Å². The lowest BCUT2D eigenvalue weighted by Gasteiger charge is -2.07. The van der Waals surface area contributed by atoms with Gasteiger partial charge in [-0.15, -0.1) is 0 Å². The normalized spacial score (nSPS) is 10.8. The summed E-state index contributed by atoms with van der Waals surface area (Å²) in [6.45, 7) is 0. The molecule has 2 aromatic carbocycles. The van der Waals surface area contributed by atoms with Gasteiger partial charge in [0.05, 0.1) is 19.9 Å². The molecule has 1 N–H and O–H groups in total. The summed E-state index contributed by atoms with van der Waals surface area (Å²) in [6.07, 6.45) is 0. The Bertz CT molecular complexity index is 1070. The summed E-state index contributed by atoms with van der Waals surface area (Å²) in [4.78, 5) is 4.44. The largest absolute Gasteiger partial charge is 0.493 e. The molecule has 8 heteroatoms. The third-order valence-corrected chi connectivity index (χ3v) is 4.27. The highest BCUT2D eigenvalue weighted by Gasteiger charge is 2.15. The quantitative estimate of drug-likeness (QED) is 0.548. The van der Waals surface area contributed by atoms with E-state index in [2.05, 4.69) is 20.3 Å². The molecule has 0 aliphatic rings. The molecule has 4 aromatic rings. The first-order valence-corrected chi connectivity index (χ1v) is 8.43. The summed E-state index contributed by atoms with van der Waals surface area (Å²) < 4.78 is 15.9. The summed E-state index contributed by atoms with van der Waals surface area (Å²) in [7, 11) is 3.16. The lowest BCUT2D eigenvalue weighted by molar-refractivity contribution is 0.355. The molecule has 136 valence electrons. The van der Waals surface area contributed by atoms with Crippen LogP contribution in [0.15, 0.2) is 53.1 Å². The zero-order chi connectivity index (χ0) is 18.8. The second kappa shape index (κ2) is 7.13. The van der Waals surface area contributed by atoms with Crippen molar-refractivity contribution in [3.63, 3.8) is 0 Å². The van der Waals surface area contributed by atoms with E-state index in [1.807, 2.05) is 36.4 Å². The molecule has 27 heavy (non-hydrogen) atoms. The molecule has 2 aromatic heterocycles. The van der Waals surface area contributed by atoms with Gasteiger partial charge in [-0.1, -0.05) is 28.9 Å². The van der Waals surface area contributed by atoms with Crippen molar-refractivity contribution in [1.29, 1.82) is 0 Å². The van der Waals surface area contributed by atoms with Gasteiger partial charge in [0.1, 0.15) is 5.69 Å². The van der Waals surface area contributed by atoms with Gasteiger partial charge in [-0.05, 0) is 36.4 Å². The molecule has 0 amide bonds. The number of nitrogens with one attached hydrogen (secondary N) is 1. The van der Waals surface area contributed by atoms with Gasteiger partial charge in [-0.2, -0.15) is 10.1 Å². The Morgan fingerprint density at radius 3 is 2.41 bits per heavy atom. The van der Waals surface area contributed by atoms with Crippen LogP contribution in [-0.4, -0.2) is 34.6 Å². The van der Waals surface area contributed by atoms with Gasteiger partial charge < -0.3 is 14.0 Å². The second-order valence-corrected chi connectivity index (χ2v) is 6.10. The van der Waals surface area contributed by atoms with Crippen molar-refractivity contribution < 1.29 is 14.0 Å². The maximum absolute atomic E-state index is 5.92. The van der Waals surface area contributed by atoms with E-state index in [4.69, 9.17) is 25.6 Å². The Labute approximate surface area is 159 Å². The SMILES string of the molecule is COc1ccc(-c2noc(-c3cc(-c4ccc(Cl)cc4)n[nH]3)n2)cc1OC. The first kappa shape index (κ1) is 17.1. The van der Waals surface area contributed by atoms with Crippen LogP contribution in [0.2, 0.25) is 5.02 Å². The molecule has 2 heterocycles. The lowest BCUT2D eigenvalue weighted by atomic mass is 10.1. The van der Waals surface area contributed by atoms with Crippen molar-refractivity contribution in [3.05, 3.63) is 53.6 Å². The highest BCUT2D eigenvalue weighted by atomic mass is 35.5. The Morgan fingerprint density at radius 2 is 1.67 bits per heavy atom. The summed E-state index contributed by atoms with van der Waals surface area (Å²) in [5.74, 6) is 2.00. The van der Waals surface area contributed by atoms with Crippen molar-refractivity contribution in [2.24, 2.45) is 0 Å². The number of H-pyrrole nitrogens is 1. The van der Waals surface area contributed by atoms with Gasteiger partial charge in [0, 0.05) is 16.1 Å². The van der Waals surface area contributed by atoms with Crippen molar-refractivity contribution in [2.75, 3.05) is 14.2 Å². The molecule has 0 fully saturated rings. The molecule has 4 rings (SSSR count). The molecule has 0 saturated carbocycles. The fraction of sp³-hybridized carbons (Fsp3) is 0.105. The van der Waals surface area contributed by atoms with E-state index < -0.39 is 0 Å². The Morgan fingerprint density at radius 1 is 0.926 bits per heavy atom. The zero-order valence-corrected chi connectivity index (χ0v) is 15.3. The Hall–Kier alpha value is -3.32. The molecule has 0 radical (unpaired) electrons. The van der Waals surface area contributed by atoms with Crippen LogP contribution < -0.4 is 9.47 Å². The molecular formula is C19H15ClN4O3. The first-order valence-electron chi connectivity index (χ1n) is 8.06. The Balaban J connectivity index is 1.62. The maximum Gasteiger partial charge on any atom is 0.276 e. The van der Waals surface area contributed by atoms with Crippen LogP contribution in [0.3, 0.4) is 0 Å². The molecule has 0 aliphatic carbocycles. The topological polar surface area (TPSA) is 86.1 Å². The van der Waals surface area contributed by atoms with Crippen molar-refractivity contribution in [2.45, 2.75) is 0 Å². The van der Waals surface area contributed by atoms with E-state index in [1.54, 1.807) is 26.4 Å². The van der Waals surface area contributed by atoms with E-state index in [1.165, 1.54) is 0 Å². The molecule has 0 saturated heterocycles. The van der Waals surface area contributed by atoms with E-state index in [9.17, 15) is 0 Å². The van der Waals surface area contributed by atoms with E-state index in [0.29, 0.717) is 33.9 Å². The fourth-order valence-electron chi connectivity index (χ4n) is 2.63. The number of hydrogen-bond acceptors (Lipinski definition) is 6. The Kier molecular flexibility index (Phi) is 4.52. The second-order valence-electron chi connectivity index (χ2n) is 5.67. The minimum atomic E-state index is 0.340. The fourth-order valence-corrected chi connectivity index (χ4v) is 2.75. The van der Waals surface area contributed by atoms with E-state index in [0.717, 1.165) is 16.8 Å². The molecule has 7 nitrogen and oxygen atoms in total. The van der Waals surface area contributed by atoms with Gasteiger partial charge in [-0.25, -0.2) is 0 Å². The summed E-state index contributed by atoms with van der Waals surface area (Å²) >= 11 is 5.92. The van der Waals surface area contributed by atoms with Crippen molar-refractivity contribution in [3.8, 4) is 45.7 Å². The first-order chi connectivity index (χ1) is 13.2. The van der Waals surface area contributed by atoms with Crippen LogP contribution in [0, 0.1) is 0 Å². The van der Waals surface area contributed by atoms with Gasteiger partial charge in [0.15, 0.2) is 11.5 Å². The third kappa shape index (κ3) is 3.37. The molecule has 0 unspecified atom stereocenters. The summed E-state index contributed by atoms with van der Waals surface area (Å²) in [6, 6.07) is 14.7. The summed E-state index contributed by atoms with van der Waals surface area (Å²) in [5.41, 5.74) is 3.06. The number of nitrogens with zero attached hydrogens (tertiary/aromatic N) is 3. The van der Waals surface area contributed by atoms with Crippen LogP contribution in [0.25, 0.3) is 34.2 Å². The minimum absolute atomic E-state index is 0.340. The number of benzene rings is 2. The van der Waals surface area contributed by atoms with Crippen LogP contribution in [0.4, 0.5) is 0 Å². The number of rotatable bonds is 5. The predicted octanol–water partition coefficient (Wildman–Crippen LogP) is 4.46. The van der Waals surface area contributed by atoms with Gasteiger partial charge >= 0.3 is 0 Å². The van der Waals surface area contributed by atoms with Crippen LogP contribution >= 0.6 is 11.6 Å². The number of aromatic amines is 1. The zero-order valence-electron chi connectivity index (χ0n) is 14.6. The average molecular weight is 383 g/mol. The standard InChI is InChI=1S/C19H15ClN4O3/c1-25-16-8-5-12(9-17(16)26-2)18-21-19(27-24-18)15-10-14(22-23-15)11-3-6-13(20)7-4-11/h3-10H,1-2H3,(H,22,23). The number of hydrogen-bond donors (Lipinski definition) is 1. The monoisotopic (exact) mass is 382 g/mol. The minimum Gasteiger partial charge on any atom is -0.493 e. The third-order valence-electron chi connectivity index (χ3n) is 4.02. The predicted molar refractivity (Wildman–Crippen MR) is 101 cm³/mol. The van der Waals surface area contributed by atoms with Crippen LogP contribution in [0.1, 0.15) is 0 Å². The highest BCUT2D eigenvalue weighted by molar-refractivity contribution is 6.30. The highest BCUT2D eigenvalue weighted by Crippen LogP contribution is 2.32. The molecule has 0 bridgehead atoms. The van der Waals surface area contributed by atoms with Gasteiger partial charge in [0.25, 0.3) is 5.89 Å². The van der Waals surface area contributed by atoms with Crippen LogP contribution in [-0.2, 0) is 0 Å². The number of aromatic nitrogens is 4. The molecule has 0 atom stereocenters. The maximum atomic E-state index is 5.92. The van der Waals surface area contributed by atoms with Crippen molar-refractivity contribution in [1.82, 2.24) is 20.3 Å². The summed E-state index contributed by atoms with van der Waals surface area (Å²) in [5, 5.41) is 11.9. The van der Waals surface area contributed by atoms with Crippen molar-refractivity contribution >= 4 is 11.6 Å². The molecular weight excluding hydrogens is 368 g/mol. The number of halogens is 1. The van der Waals surface area contributed by atoms with E-state index in [-0.39, 0.29) is 0 Å². The molecule has 0 aliphatic heterocycles.